The van der Waals surface area contributed by atoms with Crippen molar-refractivity contribution in [2.75, 3.05) is 0 Å². The fraction of sp³-hybridized carbons (Fsp3) is 0.357. The SMILES string of the molecule is CC(C)=NN1C(=O)N(Cc2ccccc2)C(=O)NC1(C)S. The summed E-state index contributed by atoms with van der Waals surface area (Å²) < 4.78 is 0. The zero-order chi connectivity index (χ0) is 15.6. The van der Waals surface area contributed by atoms with Crippen LogP contribution in [0.15, 0.2) is 35.4 Å². The number of imide groups is 1. The van der Waals surface area contributed by atoms with E-state index in [1.165, 1.54) is 5.01 Å². The van der Waals surface area contributed by atoms with E-state index in [1.54, 1.807) is 20.8 Å². The number of amides is 4. The minimum absolute atomic E-state index is 0.185. The van der Waals surface area contributed by atoms with Gasteiger partial charge in [-0.25, -0.2) is 14.5 Å². The molecule has 1 unspecified atom stereocenters. The van der Waals surface area contributed by atoms with E-state index in [0.717, 1.165) is 10.5 Å². The maximum Gasteiger partial charge on any atom is 0.351 e. The van der Waals surface area contributed by atoms with E-state index in [2.05, 4.69) is 23.0 Å². The maximum absolute atomic E-state index is 12.5. The molecule has 1 aliphatic rings. The molecule has 2 rings (SSSR count). The topological polar surface area (TPSA) is 65.0 Å². The summed E-state index contributed by atoms with van der Waals surface area (Å²) in [5.41, 5.74) is 1.56. The van der Waals surface area contributed by atoms with E-state index >= 15 is 0 Å². The molecule has 21 heavy (non-hydrogen) atoms. The highest BCUT2D eigenvalue weighted by Crippen LogP contribution is 2.25. The summed E-state index contributed by atoms with van der Waals surface area (Å²) in [5, 5.41) is 8.00. The number of carbonyl (C=O) groups is 2. The fourth-order valence-corrected chi connectivity index (χ4v) is 2.18. The molecule has 1 aromatic rings. The van der Waals surface area contributed by atoms with E-state index in [9.17, 15) is 9.59 Å². The predicted molar refractivity (Wildman–Crippen MR) is 83.9 cm³/mol. The lowest BCUT2D eigenvalue weighted by Crippen LogP contribution is -2.67. The molecule has 6 nitrogen and oxygen atoms in total. The molecule has 0 spiro atoms. The van der Waals surface area contributed by atoms with Gasteiger partial charge in [-0.1, -0.05) is 30.3 Å². The Balaban J connectivity index is 2.28. The van der Waals surface area contributed by atoms with Gasteiger partial charge < -0.3 is 5.32 Å². The van der Waals surface area contributed by atoms with E-state index in [1.807, 2.05) is 30.3 Å². The zero-order valence-corrected chi connectivity index (χ0v) is 13.1. The van der Waals surface area contributed by atoms with Crippen LogP contribution in [0.5, 0.6) is 0 Å². The molecule has 0 bridgehead atoms. The summed E-state index contributed by atoms with van der Waals surface area (Å²) in [7, 11) is 0. The number of thiol groups is 1. The van der Waals surface area contributed by atoms with E-state index < -0.39 is 17.1 Å². The number of carbonyl (C=O) groups excluding carboxylic acids is 2. The summed E-state index contributed by atoms with van der Waals surface area (Å²) in [6.07, 6.45) is 0. The molecule has 0 saturated carbocycles. The Kier molecular flexibility index (Phi) is 4.22. The average molecular weight is 306 g/mol. The highest BCUT2D eigenvalue weighted by molar-refractivity contribution is 7.81. The third-order valence-electron chi connectivity index (χ3n) is 2.90. The molecule has 1 heterocycles. The Morgan fingerprint density at radius 2 is 1.90 bits per heavy atom. The van der Waals surface area contributed by atoms with Crippen LogP contribution in [-0.2, 0) is 6.54 Å². The minimum atomic E-state index is -1.15. The fourth-order valence-electron chi connectivity index (χ4n) is 1.96. The summed E-state index contributed by atoms with van der Waals surface area (Å²) in [6, 6.07) is 8.32. The monoisotopic (exact) mass is 306 g/mol. The van der Waals surface area contributed by atoms with Gasteiger partial charge in [0.15, 0.2) is 4.99 Å². The van der Waals surface area contributed by atoms with E-state index in [0.29, 0.717) is 5.71 Å². The van der Waals surface area contributed by atoms with Gasteiger partial charge in [0.25, 0.3) is 0 Å². The first-order valence-corrected chi connectivity index (χ1v) is 6.98. The van der Waals surface area contributed by atoms with Crippen molar-refractivity contribution in [1.29, 1.82) is 0 Å². The van der Waals surface area contributed by atoms with Crippen LogP contribution >= 0.6 is 12.6 Å². The lowest BCUT2D eigenvalue weighted by Gasteiger charge is -2.42. The molecule has 1 atom stereocenters. The molecule has 1 aliphatic heterocycles. The number of nitrogens with one attached hydrogen (secondary N) is 1. The molecule has 112 valence electrons. The number of benzene rings is 1. The summed E-state index contributed by atoms with van der Waals surface area (Å²) in [6.45, 7) is 5.34. The highest BCUT2D eigenvalue weighted by Gasteiger charge is 2.44. The van der Waals surface area contributed by atoms with Gasteiger partial charge in [0.05, 0.1) is 6.54 Å². The van der Waals surface area contributed by atoms with Crippen molar-refractivity contribution >= 4 is 30.4 Å². The van der Waals surface area contributed by atoms with Crippen LogP contribution in [-0.4, -0.2) is 32.7 Å². The smallest absolute Gasteiger partial charge is 0.305 e. The number of urea groups is 2. The Labute approximate surface area is 129 Å². The maximum atomic E-state index is 12.5. The van der Waals surface area contributed by atoms with Crippen LogP contribution in [0.2, 0.25) is 0 Å². The first-order chi connectivity index (χ1) is 9.81. The second-order valence-corrected chi connectivity index (χ2v) is 6.04. The van der Waals surface area contributed by atoms with Gasteiger partial charge in [0.2, 0.25) is 0 Å². The van der Waals surface area contributed by atoms with Crippen LogP contribution in [0.3, 0.4) is 0 Å². The Morgan fingerprint density at radius 3 is 2.48 bits per heavy atom. The minimum Gasteiger partial charge on any atom is -0.305 e. The van der Waals surface area contributed by atoms with Crippen molar-refractivity contribution in [2.24, 2.45) is 5.10 Å². The van der Waals surface area contributed by atoms with Crippen molar-refractivity contribution < 1.29 is 9.59 Å². The summed E-state index contributed by atoms with van der Waals surface area (Å²) in [5.74, 6) is 0. The Morgan fingerprint density at radius 1 is 1.29 bits per heavy atom. The first-order valence-electron chi connectivity index (χ1n) is 6.53. The van der Waals surface area contributed by atoms with Crippen LogP contribution in [0.4, 0.5) is 9.59 Å². The van der Waals surface area contributed by atoms with E-state index in [-0.39, 0.29) is 6.54 Å². The molecular formula is C14H18N4O2S. The predicted octanol–water partition coefficient (Wildman–Crippen LogP) is 2.63. The molecule has 1 N–H and O–H groups in total. The lowest BCUT2D eigenvalue weighted by atomic mass is 10.2. The standard InChI is InChI=1S/C14H18N4O2S/c1-10(2)16-18-13(20)17(12(19)15-14(18,3)21)9-11-7-5-4-6-8-11/h4-8,21H,9H2,1-3H3,(H,15,19). The van der Waals surface area contributed by atoms with Crippen LogP contribution in [0.1, 0.15) is 26.3 Å². The number of hydrogen-bond donors (Lipinski definition) is 2. The zero-order valence-electron chi connectivity index (χ0n) is 12.2. The number of hydrogen-bond acceptors (Lipinski definition) is 4. The third-order valence-corrected chi connectivity index (χ3v) is 3.20. The van der Waals surface area contributed by atoms with Gasteiger partial charge in [-0.15, -0.1) is 12.6 Å². The summed E-state index contributed by atoms with van der Waals surface area (Å²) in [4.78, 5) is 24.6. The number of rotatable bonds is 3. The normalized spacial score (nSPS) is 22.1. The van der Waals surface area contributed by atoms with Gasteiger partial charge in [-0.2, -0.15) is 10.1 Å². The van der Waals surface area contributed by atoms with Crippen molar-refractivity contribution in [3.05, 3.63) is 35.9 Å². The molecule has 7 heteroatoms. The van der Waals surface area contributed by atoms with Crippen LogP contribution in [0, 0.1) is 0 Å². The first kappa shape index (κ1) is 15.4. The van der Waals surface area contributed by atoms with Crippen LogP contribution < -0.4 is 5.32 Å². The molecule has 0 aliphatic carbocycles. The molecular weight excluding hydrogens is 288 g/mol. The Hall–Kier alpha value is -2.02. The quantitative estimate of drug-likeness (QED) is 0.666. The number of hydrazone groups is 1. The molecule has 4 amide bonds. The second kappa shape index (κ2) is 5.77. The van der Waals surface area contributed by atoms with E-state index in [4.69, 9.17) is 0 Å². The molecule has 1 fully saturated rings. The average Bonchev–Trinajstić information content (AvgIpc) is 2.40. The van der Waals surface area contributed by atoms with Gasteiger partial charge in [0.1, 0.15) is 0 Å². The second-order valence-electron chi connectivity index (χ2n) is 5.16. The number of nitrogens with zero attached hydrogens (tertiary/aromatic N) is 3. The van der Waals surface area contributed by atoms with Gasteiger partial charge >= 0.3 is 12.1 Å². The lowest BCUT2D eigenvalue weighted by molar-refractivity contribution is 0.0962. The van der Waals surface area contributed by atoms with Crippen molar-refractivity contribution in [1.82, 2.24) is 15.2 Å². The third kappa shape index (κ3) is 3.36. The van der Waals surface area contributed by atoms with Gasteiger partial charge in [-0.3, -0.25) is 0 Å². The van der Waals surface area contributed by atoms with Crippen molar-refractivity contribution in [3.8, 4) is 0 Å². The van der Waals surface area contributed by atoms with Crippen molar-refractivity contribution in [3.63, 3.8) is 0 Å². The molecule has 1 saturated heterocycles. The molecule has 1 aromatic carbocycles. The van der Waals surface area contributed by atoms with Gasteiger partial charge in [-0.05, 0) is 26.3 Å². The molecule has 0 radical (unpaired) electrons. The van der Waals surface area contributed by atoms with Crippen molar-refractivity contribution in [2.45, 2.75) is 32.3 Å². The van der Waals surface area contributed by atoms with Crippen LogP contribution in [0.25, 0.3) is 0 Å². The summed E-state index contributed by atoms with van der Waals surface area (Å²) >= 11 is 4.31. The molecule has 0 aromatic heterocycles. The largest absolute Gasteiger partial charge is 0.351 e. The highest BCUT2D eigenvalue weighted by atomic mass is 32.1. The Bertz CT molecular complexity index is 582. The van der Waals surface area contributed by atoms with Gasteiger partial charge in [0, 0.05) is 5.71 Å².